The van der Waals surface area contributed by atoms with Gasteiger partial charge < -0.3 is 9.47 Å². The molecule has 0 spiro atoms. The summed E-state index contributed by atoms with van der Waals surface area (Å²) in [6, 6.07) is 4.74. The van der Waals surface area contributed by atoms with Crippen LogP contribution in [0.1, 0.15) is 47.4 Å². The molecule has 1 aromatic rings. The van der Waals surface area contributed by atoms with Gasteiger partial charge >= 0.3 is 5.97 Å². The summed E-state index contributed by atoms with van der Waals surface area (Å²) in [5.41, 5.74) is 0.740. The molecule has 0 aromatic heterocycles. The highest BCUT2D eigenvalue weighted by atomic mass is 16.5. The zero-order valence-electron chi connectivity index (χ0n) is 10.8. The molecule has 0 aliphatic carbocycles. The second-order valence-electron chi connectivity index (χ2n) is 3.86. The second-order valence-corrected chi connectivity index (χ2v) is 3.86. The zero-order chi connectivity index (χ0) is 13.4. The number of rotatable bonds is 7. The molecule has 0 N–H and O–H groups in total. The lowest BCUT2D eigenvalue weighted by molar-refractivity contribution is 0.0500. The van der Waals surface area contributed by atoms with Crippen molar-refractivity contribution in [1.82, 2.24) is 0 Å². The van der Waals surface area contributed by atoms with Crippen molar-refractivity contribution in [3.05, 3.63) is 29.3 Å². The van der Waals surface area contributed by atoms with Crippen LogP contribution in [0.15, 0.2) is 18.2 Å². The van der Waals surface area contributed by atoms with Crippen LogP contribution in [0.2, 0.25) is 0 Å². The molecule has 0 fully saturated rings. The Labute approximate surface area is 107 Å². The van der Waals surface area contributed by atoms with Crippen LogP contribution in [0, 0.1) is 0 Å². The van der Waals surface area contributed by atoms with Crippen LogP contribution in [0.25, 0.3) is 0 Å². The van der Waals surface area contributed by atoms with Gasteiger partial charge in [0.05, 0.1) is 13.2 Å². The molecule has 4 nitrogen and oxygen atoms in total. The Kier molecular flexibility index (Phi) is 5.91. The number of carbonyl (C=O) groups excluding carboxylic acids is 2. The lowest BCUT2D eigenvalue weighted by Gasteiger charge is -2.11. The highest BCUT2D eigenvalue weighted by molar-refractivity contribution is 5.94. The van der Waals surface area contributed by atoms with E-state index in [-0.39, 0.29) is 0 Å². The Balaban J connectivity index is 2.95. The maximum atomic E-state index is 11.8. The fraction of sp³-hybridized carbons (Fsp3) is 0.429. The van der Waals surface area contributed by atoms with Gasteiger partial charge in [-0.3, -0.25) is 4.79 Å². The van der Waals surface area contributed by atoms with Crippen LogP contribution in [0.3, 0.4) is 0 Å². The standard InChI is InChI=1S/C14H18O4/c1-3-7-17-13-6-5-11(10-15)9-12(13)14(16)18-8-4-2/h5-6,9-10H,3-4,7-8H2,1-2H3. The van der Waals surface area contributed by atoms with Gasteiger partial charge in [-0.15, -0.1) is 0 Å². The molecule has 0 aliphatic rings. The molecule has 0 atom stereocenters. The predicted octanol–water partition coefficient (Wildman–Crippen LogP) is 2.85. The van der Waals surface area contributed by atoms with Gasteiger partial charge in [0.1, 0.15) is 17.6 Å². The second kappa shape index (κ2) is 7.48. The highest BCUT2D eigenvalue weighted by Crippen LogP contribution is 2.21. The molecule has 0 aliphatic heterocycles. The molecule has 1 rings (SSSR count). The molecule has 18 heavy (non-hydrogen) atoms. The van der Waals surface area contributed by atoms with Crippen LogP contribution in [0.4, 0.5) is 0 Å². The molecule has 0 radical (unpaired) electrons. The van der Waals surface area contributed by atoms with Crippen molar-refractivity contribution in [2.24, 2.45) is 0 Å². The fourth-order valence-corrected chi connectivity index (χ4v) is 1.39. The lowest BCUT2D eigenvalue weighted by atomic mass is 10.1. The molecule has 1 aromatic carbocycles. The summed E-state index contributed by atoms with van der Waals surface area (Å²) in [7, 11) is 0. The van der Waals surface area contributed by atoms with Crippen molar-refractivity contribution < 1.29 is 19.1 Å². The fourth-order valence-electron chi connectivity index (χ4n) is 1.39. The molecule has 0 bridgehead atoms. The summed E-state index contributed by atoms with van der Waals surface area (Å²) in [5.74, 6) is 0.00945. The number of carbonyl (C=O) groups is 2. The number of hydrogen-bond acceptors (Lipinski definition) is 4. The van der Waals surface area contributed by atoms with Crippen molar-refractivity contribution in [1.29, 1.82) is 0 Å². The van der Waals surface area contributed by atoms with Crippen LogP contribution in [0.5, 0.6) is 5.75 Å². The molecule has 0 heterocycles. The van der Waals surface area contributed by atoms with E-state index < -0.39 is 5.97 Å². The zero-order valence-corrected chi connectivity index (χ0v) is 10.8. The molecule has 0 unspecified atom stereocenters. The molecule has 0 saturated heterocycles. The van der Waals surface area contributed by atoms with E-state index in [2.05, 4.69) is 0 Å². The number of ether oxygens (including phenoxy) is 2. The first kappa shape index (κ1) is 14.2. The minimum atomic E-state index is -0.452. The van der Waals surface area contributed by atoms with E-state index in [4.69, 9.17) is 9.47 Å². The summed E-state index contributed by atoms with van der Waals surface area (Å²) >= 11 is 0. The van der Waals surface area contributed by atoms with Gasteiger partial charge in [0.15, 0.2) is 0 Å². The SMILES string of the molecule is CCCOC(=O)c1cc(C=O)ccc1OCCC. The van der Waals surface area contributed by atoms with Crippen molar-refractivity contribution >= 4 is 12.3 Å². The van der Waals surface area contributed by atoms with E-state index in [1.54, 1.807) is 12.1 Å². The Morgan fingerprint density at radius 3 is 2.56 bits per heavy atom. The van der Waals surface area contributed by atoms with E-state index in [1.807, 2.05) is 13.8 Å². The smallest absolute Gasteiger partial charge is 0.341 e. The average Bonchev–Trinajstić information content (AvgIpc) is 2.42. The molecule has 98 valence electrons. The van der Waals surface area contributed by atoms with Crippen LogP contribution < -0.4 is 4.74 Å². The Bertz CT molecular complexity index is 412. The third-order valence-corrected chi connectivity index (χ3v) is 2.26. The largest absolute Gasteiger partial charge is 0.493 e. The Morgan fingerprint density at radius 1 is 1.22 bits per heavy atom. The Hall–Kier alpha value is -1.84. The summed E-state index contributed by atoms with van der Waals surface area (Å²) in [5, 5.41) is 0. The van der Waals surface area contributed by atoms with Gasteiger partial charge in [0.25, 0.3) is 0 Å². The molecule has 0 saturated carbocycles. The quantitative estimate of drug-likeness (QED) is 0.551. The van der Waals surface area contributed by atoms with Crippen LogP contribution >= 0.6 is 0 Å². The summed E-state index contributed by atoms with van der Waals surface area (Å²) in [6.45, 7) is 4.78. The first-order valence-corrected chi connectivity index (χ1v) is 6.12. The van der Waals surface area contributed by atoms with Gasteiger partial charge in [0, 0.05) is 5.56 Å². The summed E-state index contributed by atoms with van der Waals surface area (Å²) in [4.78, 5) is 22.6. The monoisotopic (exact) mass is 250 g/mol. The van der Waals surface area contributed by atoms with Gasteiger partial charge in [-0.2, -0.15) is 0 Å². The molecule has 4 heteroatoms. The summed E-state index contributed by atoms with van der Waals surface area (Å²) in [6.07, 6.45) is 2.29. The van der Waals surface area contributed by atoms with E-state index in [9.17, 15) is 9.59 Å². The Morgan fingerprint density at radius 2 is 1.94 bits per heavy atom. The molecular weight excluding hydrogens is 232 g/mol. The number of aldehydes is 1. The first-order chi connectivity index (χ1) is 8.72. The maximum absolute atomic E-state index is 11.8. The predicted molar refractivity (Wildman–Crippen MR) is 68.2 cm³/mol. The van der Waals surface area contributed by atoms with Crippen LogP contribution in [-0.4, -0.2) is 25.5 Å². The van der Waals surface area contributed by atoms with Gasteiger partial charge in [-0.25, -0.2) is 4.79 Å². The number of benzene rings is 1. The minimum Gasteiger partial charge on any atom is -0.493 e. The van der Waals surface area contributed by atoms with Crippen molar-refractivity contribution in [3.63, 3.8) is 0 Å². The summed E-state index contributed by atoms with van der Waals surface area (Å²) < 4.78 is 10.5. The van der Waals surface area contributed by atoms with E-state index in [0.717, 1.165) is 12.8 Å². The third-order valence-electron chi connectivity index (χ3n) is 2.26. The topological polar surface area (TPSA) is 52.6 Å². The number of hydrogen-bond donors (Lipinski definition) is 0. The van der Waals surface area contributed by atoms with E-state index in [0.29, 0.717) is 36.4 Å². The normalized spacial score (nSPS) is 9.89. The highest BCUT2D eigenvalue weighted by Gasteiger charge is 2.14. The third kappa shape index (κ3) is 3.87. The maximum Gasteiger partial charge on any atom is 0.341 e. The van der Waals surface area contributed by atoms with Gasteiger partial charge in [0.2, 0.25) is 0 Å². The van der Waals surface area contributed by atoms with Gasteiger partial charge in [-0.1, -0.05) is 13.8 Å². The van der Waals surface area contributed by atoms with Crippen molar-refractivity contribution in [3.8, 4) is 5.75 Å². The molecule has 0 amide bonds. The van der Waals surface area contributed by atoms with Crippen molar-refractivity contribution in [2.75, 3.05) is 13.2 Å². The van der Waals surface area contributed by atoms with Crippen molar-refractivity contribution in [2.45, 2.75) is 26.7 Å². The number of esters is 1. The lowest BCUT2D eigenvalue weighted by Crippen LogP contribution is -2.09. The van der Waals surface area contributed by atoms with Gasteiger partial charge in [-0.05, 0) is 31.0 Å². The van der Waals surface area contributed by atoms with E-state index >= 15 is 0 Å². The minimum absolute atomic E-state index is 0.307. The van der Waals surface area contributed by atoms with Crippen LogP contribution in [-0.2, 0) is 4.74 Å². The molecular formula is C14H18O4. The first-order valence-electron chi connectivity index (χ1n) is 6.12. The average molecular weight is 250 g/mol. The van der Waals surface area contributed by atoms with E-state index in [1.165, 1.54) is 6.07 Å².